The highest BCUT2D eigenvalue weighted by molar-refractivity contribution is 5.52. The van der Waals surface area contributed by atoms with Crippen LogP contribution in [0.5, 0.6) is 11.5 Å². The van der Waals surface area contributed by atoms with Crippen LogP contribution in [0.25, 0.3) is 0 Å². The number of nitrogens with zero attached hydrogens (tertiary/aromatic N) is 1. The highest BCUT2D eigenvalue weighted by Gasteiger charge is 2.39. The summed E-state index contributed by atoms with van der Waals surface area (Å²) in [4.78, 5) is 2.51. The maximum absolute atomic E-state index is 6.15. The standard InChI is InChI=1S/C15H22N2O2/c1-17-11-4-5-12(17)9-13(8-11)19-14-6-3-10(16)7-15(14)18-2/h3,6-7,11-13H,4-5,8-9,16H2,1-2H3/t11-,12+,13?. The van der Waals surface area contributed by atoms with Crippen LogP contribution in [-0.2, 0) is 0 Å². The zero-order chi connectivity index (χ0) is 13.4. The van der Waals surface area contributed by atoms with Gasteiger partial charge in [0.2, 0.25) is 0 Å². The van der Waals surface area contributed by atoms with E-state index in [4.69, 9.17) is 15.2 Å². The van der Waals surface area contributed by atoms with Crippen molar-refractivity contribution >= 4 is 5.69 Å². The molecule has 2 saturated heterocycles. The van der Waals surface area contributed by atoms with E-state index >= 15 is 0 Å². The van der Waals surface area contributed by atoms with Crippen LogP contribution in [-0.4, -0.2) is 37.2 Å². The fraction of sp³-hybridized carbons (Fsp3) is 0.600. The highest BCUT2D eigenvalue weighted by atomic mass is 16.5. The van der Waals surface area contributed by atoms with E-state index in [-0.39, 0.29) is 0 Å². The second-order valence-corrected chi connectivity index (χ2v) is 5.67. The highest BCUT2D eigenvalue weighted by Crippen LogP contribution is 2.38. The fourth-order valence-corrected chi connectivity index (χ4v) is 3.42. The van der Waals surface area contributed by atoms with Crippen LogP contribution in [0, 0.1) is 0 Å². The molecule has 3 rings (SSSR count). The number of rotatable bonds is 3. The molecular formula is C15H22N2O2. The lowest BCUT2D eigenvalue weighted by Gasteiger charge is -2.36. The summed E-state index contributed by atoms with van der Waals surface area (Å²) in [6.45, 7) is 0. The molecule has 3 atom stereocenters. The minimum Gasteiger partial charge on any atom is -0.493 e. The molecule has 2 bridgehead atoms. The minimum atomic E-state index is 0.297. The van der Waals surface area contributed by atoms with Gasteiger partial charge in [-0.2, -0.15) is 0 Å². The average molecular weight is 262 g/mol. The summed E-state index contributed by atoms with van der Waals surface area (Å²) in [6.07, 6.45) is 5.13. The Kier molecular flexibility index (Phi) is 3.27. The number of methoxy groups -OCH3 is 1. The summed E-state index contributed by atoms with van der Waals surface area (Å²) < 4.78 is 11.5. The molecule has 2 heterocycles. The van der Waals surface area contributed by atoms with Gasteiger partial charge >= 0.3 is 0 Å². The first-order valence-electron chi connectivity index (χ1n) is 6.99. The summed E-state index contributed by atoms with van der Waals surface area (Å²) in [5.41, 5.74) is 6.47. The number of benzene rings is 1. The van der Waals surface area contributed by atoms with Crippen molar-refractivity contribution in [1.82, 2.24) is 4.90 Å². The number of nitrogen functional groups attached to an aromatic ring is 1. The largest absolute Gasteiger partial charge is 0.493 e. The number of hydrogen-bond acceptors (Lipinski definition) is 4. The molecule has 2 fully saturated rings. The molecule has 0 spiro atoms. The zero-order valence-electron chi connectivity index (χ0n) is 11.6. The van der Waals surface area contributed by atoms with Crippen molar-refractivity contribution in [3.63, 3.8) is 0 Å². The van der Waals surface area contributed by atoms with E-state index < -0.39 is 0 Å². The number of hydrogen-bond donors (Lipinski definition) is 1. The molecule has 1 aromatic rings. The Labute approximate surface area is 114 Å². The predicted molar refractivity (Wildman–Crippen MR) is 75.6 cm³/mol. The van der Waals surface area contributed by atoms with Gasteiger partial charge in [0.05, 0.1) is 7.11 Å². The number of anilines is 1. The Hall–Kier alpha value is -1.42. The molecule has 0 aromatic heterocycles. The van der Waals surface area contributed by atoms with Crippen LogP contribution < -0.4 is 15.2 Å². The Bertz CT molecular complexity index is 449. The first-order chi connectivity index (χ1) is 9.17. The predicted octanol–water partition coefficient (Wildman–Crippen LogP) is 2.28. The van der Waals surface area contributed by atoms with E-state index in [9.17, 15) is 0 Å². The van der Waals surface area contributed by atoms with Crippen molar-refractivity contribution in [2.45, 2.75) is 43.9 Å². The van der Waals surface area contributed by atoms with Crippen molar-refractivity contribution in [2.24, 2.45) is 0 Å². The van der Waals surface area contributed by atoms with Gasteiger partial charge < -0.3 is 20.1 Å². The smallest absolute Gasteiger partial charge is 0.162 e. The second-order valence-electron chi connectivity index (χ2n) is 5.67. The van der Waals surface area contributed by atoms with E-state index in [0.717, 1.165) is 24.3 Å². The molecule has 1 aromatic carbocycles. The molecule has 2 aliphatic rings. The van der Waals surface area contributed by atoms with Gasteiger partial charge in [-0.25, -0.2) is 0 Å². The van der Waals surface area contributed by atoms with Crippen LogP contribution in [0.3, 0.4) is 0 Å². The molecule has 2 aliphatic heterocycles. The van der Waals surface area contributed by atoms with Gasteiger partial charge in [0, 0.05) is 23.8 Å². The van der Waals surface area contributed by atoms with Crippen molar-refractivity contribution < 1.29 is 9.47 Å². The van der Waals surface area contributed by atoms with Gasteiger partial charge in [-0.1, -0.05) is 0 Å². The third kappa shape index (κ3) is 2.37. The molecule has 2 N–H and O–H groups in total. The number of piperidine rings is 1. The monoisotopic (exact) mass is 262 g/mol. The van der Waals surface area contributed by atoms with Gasteiger partial charge in [0.25, 0.3) is 0 Å². The first-order valence-corrected chi connectivity index (χ1v) is 6.99. The van der Waals surface area contributed by atoms with Crippen molar-refractivity contribution in [2.75, 3.05) is 19.9 Å². The first kappa shape index (κ1) is 12.6. The number of nitrogens with two attached hydrogens (primary N) is 1. The van der Waals surface area contributed by atoms with E-state index in [0.29, 0.717) is 23.9 Å². The van der Waals surface area contributed by atoms with Gasteiger partial charge in [0.15, 0.2) is 11.5 Å². The van der Waals surface area contributed by atoms with Crippen LogP contribution in [0.4, 0.5) is 5.69 Å². The quantitative estimate of drug-likeness (QED) is 0.849. The minimum absolute atomic E-state index is 0.297. The molecule has 104 valence electrons. The lowest BCUT2D eigenvalue weighted by molar-refractivity contribution is 0.0643. The van der Waals surface area contributed by atoms with E-state index in [1.807, 2.05) is 18.2 Å². The lowest BCUT2D eigenvalue weighted by Crippen LogP contribution is -2.43. The molecule has 4 heteroatoms. The Morgan fingerprint density at radius 3 is 2.47 bits per heavy atom. The summed E-state index contributed by atoms with van der Waals surface area (Å²) in [5, 5.41) is 0. The molecule has 1 unspecified atom stereocenters. The van der Waals surface area contributed by atoms with E-state index in [1.165, 1.54) is 12.8 Å². The molecule has 0 aliphatic carbocycles. The third-order valence-corrected chi connectivity index (χ3v) is 4.54. The average Bonchev–Trinajstić information content (AvgIpc) is 2.64. The summed E-state index contributed by atoms with van der Waals surface area (Å²) in [5.74, 6) is 1.54. The molecule has 4 nitrogen and oxygen atoms in total. The lowest BCUT2D eigenvalue weighted by atomic mass is 10.0. The Balaban J connectivity index is 1.72. The van der Waals surface area contributed by atoms with Crippen LogP contribution >= 0.6 is 0 Å². The second kappa shape index (κ2) is 4.93. The molecular weight excluding hydrogens is 240 g/mol. The van der Waals surface area contributed by atoms with Crippen molar-refractivity contribution in [3.8, 4) is 11.5 Å². The van der Waals surface area contributed by atoms with Crippen LogP contribution in [0.2, 0.25) is 0 Å². The van der Waals surface area contributed by atoms with E-state index in [1.54, 1.807) is 7.11 Å². The summed E-state index contributed by atoms with van der Waals surface area (Å²) in [6, 6.07) is 6.96. The maximum atomic E-state index is 6.15. The molecule has 0 amide bonds. The fourth-order valence-electron chi connectivity index (χ4n) is 3.42. The van der Waals surface area contributed by atoms with Gasteiger partial charge in [-0.3, -0.25) is 0 Å². The molecule has 0 saturated carbocycles. The zero-order valence-corrected chi connectivity index (χ0v) is 11.6. The maximum Gasteiger partial charge on any atom is 0.162 e. The van der Waals surface area contributed by atoms with Gasteiger partial charge in [-0.15, -0.1) is 0 Å². The number of ether oxygens (including phenoxy) is 2. The van der Waals surface area contributed by atoms with Gasteiger partial charge in [0.1, 0.15) is 6.10 Å². The van der Waals surface area contributed by atoms with E-state index in [2.05, 4.69) is 11.9 Å². The summed E-state index contributed by atoms with van der Waals surface area (Å²) in [7, 11) is 3.89. The normalized spacial score (nSPS) is 30.3. The van der Waals surface area contributed by atoms with Crippen LogP contribution in [0.15, 0.2) is 18.2 Å². The SMILES string of the molecule is COc1cc(N)ccc1OC1C[C@H]2CC[C@@H](C1)N2C. The van der Waals surface area contributed by atoms with Crippen molar-refractivity contribution in [1.29, 1.82) is 0 Å². The molecule has 0 radical (unpaired) electrons. The Morgan fingerprint density at radius 1 is 1.16 bits per heavy atom. The number of fused-ring (bicyclic) bond motifs is 2. The van der Waals surface area contributed by atoms with Crippen LogP contribution in [0.1, 0.15) is 25.7 Å². The third-order valence-electron chi connectivity index (χ3n) is 4.54. The molecule has 19 heavy (non-hydrogen) atoms. The Morgan fingerprint density at radius 2 is 1.84 bits per heavy atom. The van der Waals surface area contributed by atoms with Crippen molar-refractivity contribution in [3.05, 3.63) is 18.2 Å². The topological polar surface area (TPSA) is 47.7 Å². The summed E-state index contributed by atoms with van der Waals surface area (Å²) >= 11 is 0. The van der Waals surface area contributed by atoms with Gasteiger partial charge in [-0.05, 0) is 44.9 Å².